The zero-order valence-corrected chi connectivity index (χ0v) is 14.2. The molecular formula is C17H18N6O2. The van der Waals surface area contributed by atoms with Gasteiger partial charge in [-0.1, -0.05) is 18.2 Å². The van der Waals surface area contributed by atoms with E-state index in [2.05, 4.69) is 25.3 Å². The van der Waals surface area contributed by atoms with Crippen molar-refractivity contribution in [3.8, 4) is 11.8 Å². The zero-order valence-electron chi connectivity index (χ0n) is 14.2. The molecule has 0 spiro atoms. The van der Waals surface area contributed by atoms with Crippen LogP contribution in [0.4, 0.5) is 11.4 Å². The molecule has 2 aromatic heterocycles. The molecule has 0 fully saturated rings. The number of azo groups is 1. The Bertz CT molecular complexity index is 959. The highest BCUT2D eigenvalue weighted by Gasteiger charge is 2.15. The highest BCUT2D eigenvalue weighted by molar-refractivity contribution is 5.42. The number of hydrogen-bond acceptors (Lipinski definition) is 6. The largest absolute Gasteiger partial charge is 0.478 e. The molecule has 0 saturated carbocycles. The van der Waals surface area contributed by atoms with Crippen molar-refractivity contribution in [1.29, 1.82) is 0 Å². The number of nitrogens with zero attached hydrogens (tertiary/aromatic N) is 5. The number of ether oxygens (including phenoxy) is 1. The van der Waals surface area contributed by atoms with Gasteiger partial charge in [0, 0.05) is 11.8 Å². The maximum Gasteiger partial charge on any atom is 0.301 e. The normalized spacial score (nSPS) is 11.2. The number of hydrogen-bond donors (Lipinski definition) is 1. The summed E-state index contributed by atoms with van der Waals surface area (Å²) in [7, 11) is 0. The van der Waals surface area contributed by atoms with Crippen molar-refractivity contribution in [1.82, 2.24) is 19.7 Å². The van der Waals surface area contributed by atoms with Gasteiger partial charge in [-0.2, -0.15) is 14.8 Å². The van der Waals surface area contributed by atoms with Crippen LogP contribution in [0.5, 0.6) is 5.88 Å². The van der Waals surface area contributed by atoms with Crippen molar-refractivity contribution in [2.24, 2.45) is 10.2 Å². The first-order valence-electron chi connectivity index (χ1n) is 7.85. The molecule has 0 saturated heterocycles. The Balaban J connectivity index is 2.00. The number of aromatic nitrogens is 4. The lowest BCUT2D eigenvalue weighted by Crippen LogP contribution is -2.18. The van der Waals surface area contributed by atoms with Crippen LogP contribution in [0.25, 0.3) is 5.95 Å². The minimum atomic E-state index is -0.370. The van der Waals surface area contributed by atoms with Gasteiger partial charge in [0.1, 0.15) is 0 Å². The van der Waals surface area contributed by atoms with E-state index in [1.54, 1.807) is 13.0 Å². The van der Waals surface area contributed by atoms with Gasteiger partial charge in [-0.05, 0) is 32.9 Å². The van der Waals surface area contributed by atoms with Crippen LogP contribution < -0.4 is 10.3 Å². The lowest BCUT2D eigenvalue weighted by molar-refractivity contribution is 0.325. The maximum absolute atomic E-state index is 12.6. The first-order chi connectivity index (χ1) is 12.1. The number of aryl methyl sites for hydroxylation is 2. The van der Waals surface area contributed by atoms with Gasteiger partial charge in [0.25, 0.3) is 5.95 Å². The van der Waals surface area contributed by atoms with Crippen molar-refractivity contribution >= 4 is 11.4 Å². The summed E-state index contributed by atoms with van der Waals surface area (Å²) in [5, 5.41) is 11.1. The molecule has 0 aliphatic carbocycles. The number of nitrogens with one attached hydrogen (secondary N) is 1. The predicted octanol–water partition coefficient (Wildman–Crippen LogP) is 3.39. The van der Waals surface area contributed by atoms with Crippen LogP contribution in [-0.2, 0) is 0 Å². The minimum absolute atomic E-state index is 0.206. The molecule has 25 heavy (non-hydrogen) atoms. The second kappa shape index (κ2) is 7.08. The Hall–Kier alpha value is -3.29. The number of benzene rings is 1. The van der Waals surface area contributed by atoms with Crippen molar-refractivity contribution in [2.45, 2.75) is 20.8 Å². The smallest absolute Gasteiger partial charge is 0.301 e. The first kappa shape index (κ1) is 16.6. The van der Waals surface area contributed by atoms with E-state index in [-0.39, 0.29) is 17.2 Å². The third kappa shape index (κ3) is 3.63. The second-order valence-electron chi connectivity index (χ2n) is 5.34. The molecule has 3 rings (SSSR count). The summed E-state index contributed by atoms with van der Waals surface area (Å²) in [5.41, 5.74) is 1.78. The molecule has 1 N–H and O–H groups in total. The Labute approximate surface area is 144 Å². The van der Waals surface area contributed by atoms with E-state index in [0.29, 0.717) is 29.6 Å². The molecule has 0 radical (unpaired) electrons. The fourth-order valence-corrected chi connectivity index (χ4v) is 2.25. The van der Waals surface area contributed by atoms with Crippen LogP contribution >= 0.6 is 0 Å². The monoisotopic (exact) mass is 338 g/mol. The van der Waals surface area contributed by atoms with E-state index >= 15 is 0 Å². The van der Waals surface area contributed by atoms with E-state index in [1.807, 2.05) is 44.2 Å². The average Bonchev–Trinajstić information content (AvgIpc) is 2.88. The summed E-state index contributed by atoms with van der Waals surface area (Å²) in [5.74, 6) is 0.620. The highest BCUT2D eigenvalue weighted by Crippen LogP contribution is 2.18. The minimum Gasteiger partial charge on any atom is -0.478 e. The van der Waals surface area contributed by atoms with Gasteiger partial charge in [-0.15, -0.1) is 5.11 Å². The van der Waals surface area contributed by atoms with Crippen LogP contribution in [0, 0.1) is 13.8 Å². The lowest BCUT2D eigenvalue weighted by atomic mass is 10.3. The van der Waals surface area contributed by atoms with E-state index in [0.717, 1.165) is 0 Å². The number of rotatable bonds is 5. The van der Waals surface area contributed by atoms with Crippen molar-refractivity contribution in [3.63, 3.8) is 0 Å². The summed E-state index contributed by atoms with van der Waals surface area (Å²) < 4.78 is 6.65. The topological polar surface area (TPSA) is 97.5 Å². The average molecular weight is 338 g/mol. The molecular weight excluding hydrogens is 320 g/mol. The van der Waals surface area contributed by atoms with E-state index in [9.17, 15) is 4.79 Å². The molecule has 128 valence electrons. The summed E-state index contributed by atoms with van der Waals surface area (Å²) in [6.07, 6.45) is 0. The Morgan fingerprint density at radius 2 is 1.92 bits per heavy atom. The van der Waals surface area contributed by atoms with Crippen LogP contribution in [0.15, 0.2) is 51.4 Å². The molecule has 0 bridgehead atoms. The SMILES string of the molecule is CCOc1cc(C)nc(-n2[nH]c(C)c(N=Nc3ccccc3)c2=O)n1. The molecule has 0 atom stereocenters. The van der Waals surface area contributed by atoms with Gasteiger partial charge in [-0.25, -0.2) is 4.98 Å². The molecule has 0 aliphatic rings. The van der Waals surface area contributed by atoms with Crippen LogP contribution in [-0.4, -0.2) is 26.4 Å². The van der Waals surface area contributed by atoms with Gasteiger partial charge in [0.15, 0.2) is 5.69 Å². The fourth-order valence-electron chi connectivity index (χ4n) is 2.25. The summed E-state index contributed by atoms with van der Waals surface area (Å²) in [6, 6.07) is 10.9. The van der Waals surface area contributed by atoms with E-state index in [4.69, 9.17) is 4.74 Å². The van der Waals surface area contributed by atoms with Gasteiger partial charge >= 0.3 is 5.56 Å². The van der Waals surface area contributed by atoms with Gasteiger partial charge in [0.05, 0.1) is 18.0 Å². The molecule has 0 amide bonds. The maximum atomic E-state index is 12.6. The first-order valence-corrected chi connectivity index (χ1v) is 7.85. The highest BCUT2D eigenvalue weighted by atomic mass is 16.5. The van der Waals surface area contributed by atoms with Crippen molar-refractivity contribution in [2.75, 3.05) is 6.61 Å². The van der Waals surface area contributed by atoms with Gasteiger partial charge < -0.3 is 4.74 Å². The lowest BCUT2D eigenvalue weighted by Gasteiger charge is -2.05. The molecule has 8 nitrogen and oxygen atoms in total. The molecule has 3 aromatic rings. The Kier molecular flexibility index (Phi) is 4.69. The van der Waals surface area contributed by atoms with Gasteiger partial charge in [-0.3, -0.25) is 9.89 Å². The summed E-state index contributed by atoms with van der Waals surface area (Å²) >= 11 is 0. The quantitative estimate of drug-likeness (QED) is 0.721. The number of aromatic amines is 1. The summed E-state index contributed by atoms with van der Waals surface area (Å²) in [6.45, 7) is 5.90. The third-order valence-corrected chi connectivity index (χ3v) is 3.37. The predicted molar refractivity (Wildman–Crippen MR) is 93.2 cm³/mol. The van der Waals surface area contributed by atoms with Crippen molar-refractivity contribution in [3.05, 3.63) is 58.1 Å². The molecule has 1 aromatic carbocycles. The van der Waals surface area contributed by atoms with Crippen LogP contribution in [0.3, 0.4) is 0 Å². The Morgan fingerprint density at radius 1 is 1.16 bits per heavy atom. The third-order valence-electron chi connectivity index (χ3n) is 3.37. The Morgan fingerprint density at radius 3 is 2.64 bits per heavy atom. The molecule has 2 heterocycles. The molecule has 0 aliphatic heterocycles. The standard InChI is InChI=1S/C17H18N6O2/c1-4-25-14-10-11(2)18-17(19-14)23-16(24)15(12(3)22-23)21-20-13-8-6-5-7-9-13/h5-10,22H,4H2,1-3H3. The zero-order chi connectivity index (χ0) is 17.8. The fraction of sp³-hybridized carbons (Fsp3) is 0.235. The second-order valence-corrected chi connectivity index (χ2v) is 5.34. The van der Waals surface area contributed by atoms with Crippen molar-refractivity contribution < 1.29 is 4.74 Å². The number of H-pyrrole nitrogens is 1. The van der Waals surface area contributed by atoms with E-state index in [1.165, 1.54) is 4.68 Å². The van der Waals surface area contributed by atoms with Crippen LogP contribution in [0.2, 0.25) is 0 Å². The van der Waals surface area contributed by atoms with E-state index < -0.39 is 0 Å². The summed E-state index contributed by atoms with van der Waals surface area (Å²) in [4.78, 5) is 21.2. The van der Waals surface area contributed by atoms with Gasteiger partial charge in [0.2, 0.25) is 5.88 Å². The molecule has 0 unspecified atom stereocenters. The van der Waals surface area contributed by atoms with Crippen LogP contribution in [0.1, 0.15) is 18.3 Å². The molecule has 8 heteroatoms.